The molecule has 8 N–H and O–H groups in total. The van der Waals surface area contributed by atoms with Crippen LogP contribution in [0.25, 0.3) is 0 Å². The molecular formula is C17H33N3O8S. The van der Waals surface area contributed by atoms with Gasteiger partial charge in [-0.25, -0.2) is 0 Å². The lowest BCUT2D eigenvalue weighted by Crippen LogP contribution is -2.68. The maximum atomic E-state index is 10.8. The number of hydrogen-bond acceptors (Lipinski definition) is 11. The van der Waals surface area contributed by atoms with E-state index in [9.17, 15) is 20.4 Å². The van der Waals surface area contributed by atoms with E-state index < -0.39 is 74.3 Å². The van der Waals surface area contributed by atoms with Crippen LogP contribution in [-0.4, -0.2) is 113 Å². The molecule has 2 aliphatic heterocycles. The summed E-state index contributed by atoms with van der Waals surface area (Å²) >= 11 is 4.09. The van der Waals surface area contributed by atoms with E-state index in [0.29, 0.717) is 12.2 Å². The van der Waals surface area contributed by atoms with Crippen molar-refractivity contribution in [1.29, 1.82) is 5.41 Å². The summed E-state index contributed by atoms with van der Waals surface area (Å²) in [6.45, 7) is 0.813. The Morgan fingerprint density at radius 1 is 1.14 bits per heavy atom. The van der Waals surface area contributed by atoms with Gasteiger partial charge in [-0.2, -0.15) is 12.6 Å². The van der Waals surface area contributed by atoms with E-state index in [4.69, 9.17) is 30.1 Å². The smallest absolute Gasteiger partial charge is 0.181 e. The summed E-state index contributed by atoms with van der Waals surface area (Å²) in [7, 11) is 1.37. The Hall–Kier alpha value is -0.540. The highest BCUT2D eigenvalue weighted by atomic mass is 32.1. The van der Waals surface area contributed by atoms with E-state index >= 15 is 0 Å². The van der Waals surface area contributed by atoms with E-state index in [-0.39, 0.29) is 5.84 Å². The van der Waals surface area contributed by atoms with Gasteiger partial charge in [0.1, 0.15) is 42.7 Å². The van der Waals surface area contributed by atoms with Crippen molar-refractivity contribution in [2.75, 3.05) is 26.1 Å². The largest absolute Gasteiger partial charge is 0.394 e. The zero-order valence-electron chi connectivity index (χ0n) is 16.5. The van der Waals surface area contributed by atoms with Crippen molar-refractivity contribution in [2.45, 2.75) is 74.4 Å². The minimum absolute atomic E-state index is 0.100. The molecule has 2 fully saturated rings. The van der Waals surface area contributed by atoms with Crippen LogP contribution in [-0.2, 0) is 18.9 Å². The third-order valence-corrected chi connectivity index (χ3v) is 5.55. The molecule has 0 saturated carbocycles. The molecular weight excluding hydrogens is 406 g/mol. The van der Waals surface area contributed by atoms with Crippen molar-refractivity contribution in [2.24, 2.45) is 5.73 Å². The van der Waals surface area contributed by atoms with Crippen molar-refractivity contribution in [3.8, 4) is 0 Å². The van der Waals surface area contributed by atoms with E-state index in [1.54, 1.807) is 6.92 Å². The molecule has 5 unspecified atom stereocenters. The first kappa shape index (κ1) is 24.7. The summed E-state index contributed by atoms with van der Waals surface area (Å²) in [5, 5.41) is 51.5. The van der Waals surface area contributed by atoms with Crippen LogP contribution in [0.1, 0.15) is 13.3 Å². The minimum atomic E-state index is -1.20. The predicted octanol–water partition coefficient (Wildman–Crippen LogP) is -2.81. The summed E-state index contributed by atoms with van der Waals surface area (Å²) in [5.74, 6) is 0.519. The quantitative estimate of drug-likeness (QED) is 0.112. The highest BCUT2D eigenvalue weighted by Crippen LogP contribution is 2.29. The lowest BCUT2D eigenvalue weighted by molar-refractivity contribution is -0.314. The molecule has 0 radical (unpaired) electrons. The molecule has 0 aliphatic carbocycles. The predicted molar refractivity (Wildman–Crippen MR) is 106 cm³/mol. The van der Waals surface area contributed by atoms with Crippen LogP contribution in [0.4, 0.5) is 0 Å². The summed E-state index contributed by atoms with van der Waals surface area (Å²) in [4.78, 5) is 0. The summed E-state index contributed by atoms with van der Waals surface area (Å²) < 4.78 is 22.6. The molecule has 0 amide bonds. The molecule has 0 aromatic heterocycles. The fourth-order valence-corrected chi connectivity index (χ4v) is 3.87. The SMILES string of the molecule is CO[C@@H]1C(CO)O[C@@H](O[C@@H]2C(CO)OC(C)[C@@H](N)C2O)[C@@H](NC(=N)CCS)C1O. The molecule has 2 aliphatic rings. The van der Waals surface area contributed by atoms with E-state index in [1.807, 2.05) is 0 Å². The molecule has 2 rings (SSSR count). The highest BCUT2D eigenvalue weighted by molar-refractivity contribution is 7.80. The lowest BCUT2D eigenvalue weighted by Gasteiger charge is -2.48. The van der Waals surface area contributed by atoms with Crippen LogP contribution in [0, 0.1) is 5.41 Å². The molecule has 0 aromatic rings. The van der Waals surface area contributed by atoms with E-state index in [0.717, 1.165) is 0 Å². The third kappa shape index (κ3) is 5.58. The number of aliphatic hydroxyl groups is 4. The lowest BCUT2D eigenvalue weighted by atomic mass is 9.93. The molecule has 2 heterocycles. The van der Waals surface area contributed by atoms with Crippen LogP contribution < -0.4 is 11.1 Å². The Morgan fingerprint density at radius 2 is 1.76 bits per heavy atom. The second-order valence-electron chi connectivity index (χ2n) is 7.27. The van der Waals surface area contributed by atoms with Crippen molar-refractivity contribution in [1.82, 2.24) is 5.32 Å². The van der Waals surface area contributed by atoms with Gasteiger partial charge in [0, 0.05) is 13.5 Å². The molecule has 12 heteroatoms. The third-order valence-electron chi connectivity index (χ3n) is 5.33. The maximum Gasteiger partial charge on any atom is 0.181 e. The molecule has 10 atom stereocenters. The van der Waals surface area contributed by atoms with Crippen LogP contribution in [0.2, 0.25) is 0 Å². The van der Waals surface area contributed by atoms with E-state index in [2.05, 4.69) is 17.9 Å². The van der Waals surface area contributed by atoms with Crippen LogP contribution in [0.3, 0.4) is 0 Å². The molecule has 170 valence electrons. The van der Waals surface area contributed by atoms with Gasteiger partial charge in [0.25, 0.3) is 0 Å². The van der Waals surface area contributed by atoms with Crippen LogP contribution in [0.5, 0.6) is 0 Å². The Labute approximate surface area is 175 Å². The van der Waals surface area contributed by atoms with Gasteiger partial charge in [0.05, 0.1) is 31.2 Å². The Bertz CT molecular complexity index is 531. The number of nitrogens with one attached hydrogen (secondary N) is 2. The van der Waals surface area contributed by atoms with Crippen molar-refractivity contribution >= 4 is 18.5 Å². The number of thiol groups is 1. The summed E-state index contributed by atoms with van der Waals surface area (Å²) in [5.41, 5.74) is 5.97. The topological polar surface area (TPSA) is 180 Å². The van der Waals surface area contributed by atoms with Gasteiger partial charge in [0.2, 0.25) is 0 Å². The average Bonchev–Trinajstić information content (AvgIpc) is 2.70. The monoisotopic (exact) mass is 439 g/mol. The zero-order valence-corrected chi connectivity index (χ0v) is 17.4. The molecule has 0 aromatic carbocycles. The van der Waals surface area contributed by atoms with Crippen LogP contribution in [0.15, 0.2) is 0 Å². The number of hydrogen-bond donors (Lipinski definition) is 8. The van der Waals surface area contributed by atoms with Crippen molar-refractivity contribution in [3.05, 3.63) is 0 Å². The van der Waals surface area contributed by atoms with Gasteiger partial charge in [-0.1, -0.05) is 0 Å². The van der Waals surface area contributed by atoms with Gasteiger partial charge in [-0.15, -0.1) is 0 Å². The molecule has 29 heavy (non-hydrogen) atoms. The Kier molecular flexibility index (Phi) is 9.54. The molecule has 0 bridgehead atoms. The summed E-state index contributed by atoms with van der Waals surface area (Å²) in [6.07, 6.45) is -7.43. The first-order valence-electron chi connectivity index (χ1n) is 9.56. The first-order valence-corrected chi connectivity index (χ1v) is 10.2. The second kappa shape index (κ2) is 11.2. The number of aliphatic hydroxyl groups excluding tert-OH is 4. The number of methoxy groups -OCH3 is 1. The maximum absolute atomic E-state index is 10.8. The fourth-order valence-electron chi connectivity index (χ4n) is 3.64. The average molecular weight is 440 g/mol. The normalized spacial score (nSPS) is 43.2. The fraction of sp³-hybridized carbons (Fsp3) is 0.941. The second-order valence-corrected chi connectivity index (χ2v) is 7.72. The van der Waals surface area contributed by atoms with Gasteiger partial charge in [-0.3, -0.25) is 5.41 Å². The number of amidine groups is 1. The Balaban J connectivity index is 2.25. The molecule has 0 spiro atoms. The summed E-state index contributed by atoms with van der Waals surface area (Å²) in [6, 6.07) is -1.71. The highest BCUT2D eigenvalue weighted by Gasteiger charge is 2.50. The number of ether oxygens (including phenoxy) is 4. The standard InChI is InChI=1S/C17H33N3O8S/c1-7-11(19)13(23)16(9(6-22)26-7)28-17-12(20-10(18)3-4-29)14(24)15(25-2)8(5-21)27-17/h7-9,11-17,21-24,29H,3-6,19H2,1-2H3,(H2,18,20)/t7?,8?,9?,11-,12+,13?,14?,15-,16-,17+/m1/s1. The molecule has 2 saturated heterocycles. The van der Waals surface area contributed by atoms with E-state index in [1.165, 1.54) is 7.11 Å². The number of rotatable bonds is 8. The zero-order chi connectivity index (χ0) is 21.7. The van der Waals surface area contributed by atoms with Crippen molar-refractivity contribution < 1.29 is 39.4 Å². The Morgan fingerprint density at radius 3 is 2.31 bits per heavy atom. The van der Waals surface area contributed by atoms with Gasteiger partial charge >= 0.3 is 0 Å². The van der Waals surface area contributed by atoms with Crippen molar-refractivity contribution in [3.63, 3.8) is 0 Å². The molecule has 11 nitrogen and oxygen atoms in total. The number of nitrogens with two attached hydrogens (primary N) is 1. The van der Waals surface area contributed by atoms with Gasteiger partial charge in [-0.05, 0) is 12.7 Å². The first-order chi connectivity index (χ1) is 13.8. The van der Waals surface area contributed by atoms with Crippen LogP contribution >= 0.6 is 12.6 Å². The minimum Gasteiger partial charge on any atom is -0.394 e. The van der Waals surface area contributed by atoms with Gasteiger partial charge in [0.15, 0.2) is 6.29 Å². The van der Waals surface area contributed by atoms with Gasteiger partial charge < -0.3 is 50.4 Å².